The Bertz CT molecular complexity index is 1710. The van der Waals surface area contributed by atoms with E-state index in [0.717, 1.165) is 62.5 Å². The maximum Gasteiger partial charge on any atom is 0.426 e. The van der Waals surface area contributed by atoms with E-state index in [4.69, 9.17) is 4.84 Å². The molecule has 51 heavy (non-hydrogen) atoms. The minimum absolute atomic E-state index is 0.0370. The van der Waals surface area contributed by atoms with Gasteiger partial charge in [0, 0.05) is 56.3 Å². The van der Waals surface area contributed by atoms with Crippen molar-refractivity contribution in [3.05, 3.63) is 59.3 Å². The zero-order chi connectivity index (χ0) is 35.5. The van der Waals surface area contributed by atoms with Crippen LogP contribution in [-0.4, -0.2) is 101 Å². The van der Waals surface area contributed by atoms with Gasteiger partial charge in [-0.25, -0.2) is 9.59 Å². The topological polar surface area (TPSA) is 135 Å². The van der Waals surface area contributed by atoms with E-state index in [9.17, 15) is 27.6 Å². The molecule has 0 bridgehead atoms. The molecule has 1 aromatic heterocycles. The third-order valence-corrected chi connectivity index (χ3v) is 11.1. The van der Waals surface area contributed by atoms with Crippen LogP contribution in [0.3, 0.4) is 0 Å². The number of piperidine rings is 3. The number of benzene rings is 2. The summed E-state index contributed by atoms with van der Waals surface area (Å²) in [6, 6.07) is 9.00. The first-order valence-corrected chi connectivity index (χ1v) is 18.0. The van der Waals surface area contributed by atoms with E-state index in [1.54, 1.807) is 11.0 Å². The van der Waals surface area contributed by atoms with Crippen molar-refractivity contribution >= 4 is 34.6 Å². The molecule has 7 rings (SSSR count). The second-order valence-electron chi connectivity index (χ2n) is 14.2. The van der Waals surface area contributed by atoms with Crippen molar-refractivity contribution in [1.29, 1.82) is 0 Å². The number of urea groups is 1. The van der Waals surface area contributed by atoms with Gasteiger partial charge in [0.15, 0.2) is 0 Å². The number of aromatic nitrogens is 2. The van der Waals surface area contributed by atoms with Crippen LogP contribution in [0.2, 0.25) is 0 Å². The van der Waals surface area contributed by atoms with Crippen LogP contribution in [-0.2, 0) is 28.7 Å². The second-order valence-corrected chi connectivity index (χ2v) is 14.2. The SMILES string of the molecule is O=C(NC(Cc1cc(C(F)(F)F)c2[nH]ncc2c1)C(=O)N1CCC(C2CCNCC2)CC1)ON1CCC(N2CCc3ccccc3NC2=O)CC1. The van der Waals surface area contributed by atoms with Gasteiger partial charge in [0.1, 0.15) is 6.04 Å². The molecule has 4 aliphatic rings. The maximum absolute atomic E-state index is 14.0. The fourth-order valence-corrected chi connectivity index (χ4v) is 8.29. The molecule has 15 heteroatoms. The van der Waals surface area contributed by atoms with E-state index in [2.05, 4.69) is 26.1 Å². The summed E-state index contributed by atoms with van der Waals surface area (Å²) in [5, 5.41) is 17.1. The van der Waals surface area contributed by atoms with Crippen molar-refractivity contribution < 1.29 is 32.4 Å². The largest absolute Gasteiger partial charge is 0.426 e. The molecule has 1 atom stereocenters. The Morgan fingerprint density at radius 1 is 0.961 bits per heavy atom. The highest BCUT2D eigenvalue weighted by Crippen LogP contribution is 2.36. The highest BCUT2D eigenvalue weighted by Gasteiger charge is 2.37. The van der Waals surface area contributed by atoms with Crippen LogP contribution in [0.5, 0.6) is 0 Å². The van der Waals surface area contributed by atoms with Gasteiger partial charge in [-0.3, -0.25) is 9.89 Å². The Morgan fingerprint density at radius 3 is 2.43 bits per heavy atom. The van der Waals surface area contributed by atoms with Gasteiger partial charge in [-0.2, -0.15) is 18.3 Å². The Morgan fingerprint density at radius 2 is 1.69 bits per heavy atom. The summed E-state index contributed by atoms with van der Waals surface area (Å²) in [5.41, 5.74) is 1.14. The number of likely N-dealkylation sites (tertiary alicyclic amines) is 1. The number of carbonyl (C=O) groups excluding carboxylic acids is 3. The molecule has 0 spiro atoms. The number of para-hydroxylation sites is 1. The minimum Gasteiger partial charge on any atom is -0.351 e. The van der Waals surface area contributed by atoms with Crippen molar-refractivity contribution in [3.8, 4) is 0 Å². The number of carbonyl (C=O) groups is 3. The molecule has 3 saturated heterocycles. The quantitative estimate of drug-likeness (QED) is 0.273. The number of hydrogen-bond donors (Lipinski definition) is 4. The lowest BCUT2D eigenvalue weighted by molar-refractivity contribution is -0.137. The van der Waals surface area contributed by atoms with E-state index >= 15 is 0 Å². The zero-order valence-electron chi connectivity index (χ0n) is 28.5. The average molecular weight is 711 g/mol. The van der Waals surface area contributed by atoms with Gasteiger partial charge in [0.05, 0.1) is 17.3 Å². The molecule has 4 N–H and O–H groups in total. The number of amides is 4. The van der Waals surface area contributed by atoms with Gasteiger partial charge in [0.2, 0.25) is 5.91 Å². The molecular formula is C36H45F3N8O4. The molecular weight excluding hydrogens is 665 g/mol. The highest BCUT2D eigenvalue weighted by atomic mass is 19.4. The Hall–Kier alpha value is -4.37. The van der Waals surface area contributed by atoms with Crippen LogP contribution >= 0.6 is 0 Å². The van der Waals surface area contributed by atoms with Crippen molar-refractivity contribution in [1.82, 2.24) is 35.7 Å². The molecule has 3 fully saturated rings. The molecule has 0 saturated carbocycles. The van der Waals surface area contributed by atoms with E-state index in [1.165, 1.54) is 11.3 Å². The molecule has 0 aliphatic carbocycles. The van der Waals surface area contributed by atoms with Crippen LogP contribution in [0.4, 0.5) is 28.4 Å². The number of anilines is 1. The van der Waals surface area contributed by atoms with Crippen LogP contribution in [0, 0.1) is 11.8 Å². The Balaban J connectivity index is 1.00. The lowest BCUT2D eigenvalue weighted by atomic mass is 9.79. The van der Waals surface area contributed by atoms with Gasteiger partial charge in [-0.05, 0) is 99.2 Å². The monoisotopic (exact) mass is 710 g/mol. The van der Waals surface area contributed by atoms with E-state index in [1.807, 2.05) is 29.2 Å². The van der Waals surface area contributed by atoms with Crippen LogP contribution < -0.4 is 16.0 Å². The number of alkyl halides is 3. The molecule has 274 valence electrons. The Labute approximate surface area is 294 Å². The standard InChI is InChI=1S/C36H45F3N8O4/c37-36(38,39)29-20-23(19-27-22-41-44-32(27)29)21-31(33(48)45-14-7-25(8-15-45)24-5-12-40-13-6-24)43-35(50)51-46-16-10-28(11-17-46)47-18-9-26-3-1-2-4-30(26)42-34(47)49/h1-4,19-20,22,24-25,28,31,40H,5-18,21H2,(H,41,44)(H,42,49)(H,43,50). The number of hydrogen-bond acceptors (Lipinski definition) is 7. The third kappa shape index (κ3) is 8.09. The van der Waals surface area contributed by atoms with Crippen LogP contribution in [0.1, 0.15) is 55.2 Å². The number of hydroxylamine groups is 2. The zero-order valence-corrected chi connectivity index (χ0v) is 28.5. The molecule has 0 radical (unpaired) electrons. The van der Waals surface area contributed by atoms with Crippen molar-refractivity contribution in [3.63, 3.8) is 0 Å². The number of halogens is 3. The molecule has 3 aromatic rings. The fraction of sp³-hybridized carbons (Fsp3) is 0.556. The van der Waals surface area contributed by atoms with Crippen LogP contribution in [0.25, 0.3) is 10.9 Å². The first kappa shape index (κ1) is 35.1. The van der Waals surface area contributed by atoms with E-state index in [-0.39, 0.29) is 40.9 Å². The van der Waals surface area contributed by atoms with Gasteiger partial charge >= 0.3 is 18.3 Å². The molecule has 4 amide bonds. The summed E-state index contributed by atoms with van der Waals surface area (Å²) in [5.74, 6) is 0.788. The third-order valence-electron chi connectivity index (χ3n) is 11.1. The molecule has 12 nitrogen and oxygen atoms in total. The first-order chi connectivity index (χ1) is 24.6. The summed E-state index contributed by atoms with van der Waals surface area (Å²) >= 11 is 0. The second kappa shape index (κ2) is 15.1. The summed E-state index contributed by atoms with van der Waals surface area (Å²) in [4.78, 5) is 49.6. The molecule has 4 aliphatic heterocycles. The summed E-state index contributed by atoms with van der Waals surface area (Å²) in [7, 11) is 0. The van der Waals surface area contributed by atoms with Crippen molar-refractivity contribution in [2.24, 2.45) is 11.8 Å². The molecule has 1 unspecified atom stereocenters. The van der Waals surface area contributed by atoms with Gasteiger partial charge in [-0.15, -0.1) is 5.06 Å². The maximum atomic E-state index is 14.0. The van der Waals surface area contributed by atoms with Gasteiger partial charge in [0.25, 0.3) is 0 Å². The van der Waals surface area contributed by atoms with E-state index in [0.29, 0.717) is 57.4 Å². The predicted molar refractivity (Wildman–Crippen MR) is 184 cm³/mol. The smallest absolute Gasteiger partial charge is 0.351 e. The normalized spacial score (nSPS) is 20.8. The van der Waals surface area contributed by atoms with Gasteiger partial charge < -0.3 is 30.6 Å². The van der Waals surface area contributed by atoms with Crippen molar-refractivity contribution in [2.45, 2.75) is 69.6 Å². The lowest BCUT2D eigenvalue weighted by Crippen LogP contribution is -2.54. The average Bonchev–Trinajstić information content (AvgIpc) is 3.53. The summed E-state index contributed by atoms with van der Waals surface area (Å²) < 4.78 is 42.1. The van der Waals surface area contributed by atoms with Crippen molar-refractivity contribution in [2.75, 3.05) is 51.1 Å². The summed E-state index contributed by atoms with van der Waals surface area (Å²) in [6.45, 7) is 4.38. The number of nitrogens with one attached hydrogen (secondary N) is 4. The molecule has 2 aromatic carbocycles. The molecule has 5 heterocycles. The van der Waals surface area contributed by atoms with Crippen LogP contribution in [0.15, 0.2) is 42.6 Å². The Kier molecular flexibility index (Phi) is 10.4. The summed E-state index contributed by atoms with van der Waals surface area (Å²) in [6.07, 6.45) is 1.49. The minimum atomic E-state index is -4.65. The predicted octanol–water partition coefficient (Wildman–Crippen LogP) is 4.93. The lowest BCUT2D eigenvalue weighted by Gasteiger charge is -2.39. The number of aromatic amines is 1. The number of rotatable bonds is 7. The van der Waals surface area contributed by atoms with E-state index < -0.39 is 23.9 Å². The number of fused-ring (bicyclic) bond motifs is 2. The first-order valence-electron chi connectivity index (χ1n) is 18.0. The number of H-pyrrole nitrogens is 1. The number of nitrogens with zero attached hydrogens (tertiary/aromatic N) is 4. The highest BCUT2D eigenvalue weighted by molar-refractivity contribution is 5.91. The van der Waals surface area contributed by atoms with Gasteiger partial charge in [-0.1, -0.05) is 18.2 Å². The fourth-order valence-electron chi connectivity index (χ4n) is 8.29.